The van der Waals surface area contributed by atoms with Gasteiger partial charge in [-0.05, 0) is 47.1 Å². The number of amides is 1. The zero-order chi connectivity index (χ0) is 13.1. The number of hydrogen-bond donors (Lipinski definition) is 0. The van der Waals surface area contributed by atoms with Crippen LogP contribution in [0.25, 0.3) is 0 Å². The van der Waals surface area contributed by atoms with Crippen LogP contribution in [0.2, 0.25) is 0 Å². The summed E-state index contributed by atoms with van der Waals surface area (Å²) in [6, 6.07) is 5.89. The highest BCUT2D eigenvalue weighted by molar-refractivity contribution is 9.10. The van der Waals surface area contributed by atoms with Crippen molar-refractivity contribution in [3.63, 3.8) is 0 Å². The molecule has 0 bridgehead atoms. The van der Waals surface area contributed by atoms with Gasteiger partial charge < -0.3 is 9.80 Å². The zero-order valence-electron chi connectivity index (χ0n) is 10.9. The summed E-state index contributed by atoms with van der Waals surface area (Å²) in [7, 11) is 0. The van der Waals surface area contributed by atoms with Crippen LogP contribution in [0.3, 0.4) is 0 Å². The summed E-state index contributed by atoms with van der Waals surface area (Å²) in [5.74, 6) is 0.137. The van der Waals surface area contributed by atoms with Crippen LogP contribution in [-0.4, -0.2) is 48.4 Å². The maximum absolute atomic E-state index is 12.4. The van der Waals surface area contributed by atoms with Crippen molar-refractivity contribution in [2.75, 3.05) is 32.7 Å². The third-order valence-corrected chi connectivity index (χ3v) is 4.12. The summed E-state index contributed by atoms with van der Waals surface area (Å²) < 4.78 is 0.894. The van der Waals surface area contributed by atoms with E-state index in [1.807, 2.05) is 30.0 Å². The van der Waals surface area contributed by atoms with Crippen LogP contribution < -0.4 is 0 Å². The van der Waals surface area contributed by atoms with Crippen molar-refractivity contribution in [2.45, 2.75) is 13.8 Å². The molecule has 0 saturated carbocycles. The first-order chi connectivity index (χ1) is 8.61. The molecule has 1 saturated heterocycles. The molecule has 2 rings (SSSR count). The van der Waals surface area contributed by atoms with Crippen molar-refractivity contribution in [3.05, 3.63) is 33.8 Å². The van der Waals surface area contributed by atoms with Crippen molar-refractivity contribution in [2.24, 2.45) is 0 Å². The van der Waals surface area contributed by atoms with E-state index in [2.05, 4.69) is 27.8 Å². The van der Waals surface area contributed by atoms with Gasteiger partial charge in [0.05, 0.1) is 5.56 Å². The molecule has 1 aromatic rings. The lowest BCUT2D eigenvalue weighted by Crippen LogP contribution is -2.48. The lowest BCUT2D eigenvalue weighted by molar-refractivity contribution is 0.0642. The van der Waals surface area contributed by atoms with E-state index < -0.39 is 0 Å². The van der Waals surface area contributed by atoms with E-state index >= 15 is 0 Å². The van der Waals surface area contributed by atoms with Gasteiger partial charge in [0.1, 0.15) is 0 Å². The Morgan fingerprint density at radius 2 is 1.94 bits per heavy atom. The Balaban J connectivity index is 2.08. The second-order valence-corrected chi connectivity index (χ2v) is 5.56. The standard InChI is InChI=1S/C14H19BrN2O/c1-3-16-6-8-17(9-7-16)14(18)12-5-4-11(2)10-13(12)15/h4-5,10H,3,6-9H2,1-2H3. The number of piperazine rings is 1. The number of aryl methyl sites for hydroxylation is 1. The lowest BCUT2D eigenvalue weighted by atomic mass is 10.1. The Hall–Kier alpha value is -0.870. The van der Waals surface area contributed by atoms with Gasteiger partial charge in [-0.15, -0.1) is 0 Å². The number of carbonyl (C=O) groups excluding carboxylic acids is 1. The first-order valence-electron chi connectivity index (χ1n) is 6.39. The van der Waals surface area contributed by atoms with Crippen LogP contribution >= 0.6 is 15.9 Å². The predicted octanol–water partition coefficient (Wildman–Crippen LogP) is 2.54. The third-order valence-electron chi connectivity index (χ3n) is 3.46. The van der Waals surface area contributed by atoms with Gasteiger partial charge in [-0.3, -0.25) is 4.79 Å². The average molecular weight is 311 g/mol. The molecule has 1 heterocycles. The highest BCUT2D eigenvalue weighted by atomic mass is 79.9. The molecule has 98 valence electrons. The maximum atomic E-state index is 12.4. The molecule has 0 aliphatic carbocycles. The minimum absolute atomic E-state index is 0.137. The van der Waals surface area contributed by atoms with E-state index in [1.165, 1.54) is 0 Å². The van der Waals surface area contributed by atoms with Crippen LogP contribution in [0.1, 0.15) is 22.8 Å². The van der Waals surface area contributed by atoms with E-state index in [0.29, 0.717) is 0 Å². The first-order valence-corrected chi connectivity index (χ1v) is 7.19. The smallest absolute Gasteiger partial charge is 0.255 e. The molecule has 1 aromatic carbocycles. The quantitative estimate of drug-likeness (QED) is 0.838. The van der Waals surface area contributed by atoms with Crippen molar-refractivity contribution in [1.29, 1.82) is 0 Å². The van der Waals surface area contributed by atoms with Crippen molar-refractivity contribution >= 4 is 21.8 Å². The molecule has 18 heavy (non-hydrogen) atoms. The molecule has 0 spiro atoms. The summed E-state index contributed by atoms with van der Waals surface area (Å²) >= 11 is 3.48. The van der Waals surface area contributed by atoms with Gasteiger partial charge >= 0.3 is 0 Å². The molecular formula is C14H19BrN2O. The monoisotopic (exact) mass is 310 g/mol. The molecule has 3 nitrogen and oxygen atoms in total. The van der Waals surface area contributed by atoms with E-state index in [9.17, 15) is 4.79 Å². The molecule has 1 fully saturated rings. The Morgan fingerprint density at radius 3 is 2.50 bits per heavy atom. The van der Waals surface area contributed by atoms with Crippen LogP contribution in [0.4, 0.5) is 0 Å². The van der Waals surface area contributed by atoms with Crippen LogP contribution in [0, 0.1) is 6.92 Å². The van der Waals surface area contributed by atoms with E-state index in [-0.39, 0.29) is 5.91 Å². The second-order valence-electron chi connectivity index (χ2n) is 4.71. The number of rotatable bonds is 2. The fourth-order valence-corrected chi connectivity index (χ4v) is 2.89. The minimum Gasteiger partial charge on any atom is -0.336 e. The molecule has 0 aromatic heterocycles. The van der Waals surface area contributed by atoms with Gasteiger partial charge in [0.25, 0.3) is 5.91 Å². The number of benzene rings is 1. The number of hydrogen-bond acceptors (Lipinski definition) is 2. The Bertz CT molecular complexity index is 439. The topological polar surface area (TPSA) is 23.6 Å². The van der Waals surface area contributed by atoms with Crippen molar-refractivity contribution in [1.82, 2.24) is 9.80 Å². The lowest BCUT2D eigenvalue weighted by Gasteiger charge is -2.34. The fourth-order valence-electron chi connectivity index (χ4n) is 2.23. The maximum Gasteiger partial charge on any atom is 0.255 e. The zero-order valence-corrected chi connectivity index (χ0v) is 12.5. The number of nitrogens with zero attached hydrogens (tertiary/aromatic N) is 2. The molecule has 0 radical (unpaired) electrons. The average Bonchev–Trinajstić information content (AvgIpc) is 2.38. The molecule has 0 unspecified atom stereocenters. The summed E-state index contributed by atoms with van der Waals surface area (Å²) in [5, 5.41) is 0. The van der Waals surface area contributed by atoms with Gasteiger partial charge in [-0.25, -0.2) is 0 Å². The molecule has 0 atom stereocenters. The summed E-state index contributed by atoms with van der Waals surface area (Å²) in [4.78, 5) is 16.7. The van der Waals surface area contributed by atoms with Crippen LogP contribution in [-0.2, 0) is 0 Å². The van der Waals surface area contributed by atoms with Crippen molar-refractivity contribution in [3.8, 4) is 0 Å². The molecule has 1 aliphatic heterocycles. The SMILES string of the molecule is CCN1CCN(C(=O)c2ccc(C)cc2Br)CC1. The highest BCUT2D eigenvalue weighted by Gasteiger charge is 2.22. The third kappa shape index (κ3) is 2.93. The van der Waals surface area contributed by atoms with Crippen LogP contribution in [0.5, 0.6) is 0 Å². The largest absolute Gasteiger partial charge is 0.336 e. The molecule has 0 N–H and O–H groups in total. The number of likely N-dealkylation sites (N-methyl/N-ethyl adjacent to an activating group) is 1. The Labute approximate surface area is 117 Å². The van der Waals surface area contributed by atoms with E-state index in [4.69, 9.17) is 0 Å². The highest BCUT2D eigenvalue weighted by Crippen LogP contribution is 2.20. The number of carbonyl (C=O) groups is 1. The summed E-state index contributed by atoms with van der Waals surface area (Å²) in [5.41, 5.74) is 1.93. The normalized spacial score (nSPS) is 16.9. The fraction of sp³-hybridized carbons (Fsp3) is 0.500. The Kier molecular flexibility index (Phi) is 4.40. The second kappa shape index (κ2) is 5.85. The minimum atomic E-state index is 0.137. The van der Waals surface area contributed by atoms with E-state index in [0.717, 1.165) is 48.3 Å². The molecular weight excluding hydrogens is 292 g/mol. The first kappa shape index (κ1) is 13.6. The Morgan fingerprint density at radius 1 is 1.28 bits per heavy atom. The van der Waals surface area contributed by atoms with Gasteiger partial charge in [0.2, 0.25) is 0 Å². The molecule has 1 amide bonds. The number of halogens is 1. The predicted molar refractivity (Wildman–Crippen MR) is 76.9 cm³/mol. The molecule has 1 aliphatic rings. The summed E-state index contributed by atoms with van der Waals surface area (Å²) in [6.45, 7) is 8.86. The van der Waals surface area contributed by atoms with Crippen molar-refractivity contribution < 1.29 is 4.79 Å². The van der Waals surface area contributed by atoms with Gasteiger partial charge in [0, 0.05) is 30.7 Å². The molecule has 4 heteroatoms. The van der Waals surface area contributed by atoms with E-state index in [1.54, 1.807) is 0 Å². The van der Waals surface area contributed by atoms with Gasteiger partial charge in [-0.1, -0.05) is 13.0 Å². The van der Waals surface area contributed by atoms with Gasteiger partial charge in [-0.2, -0.15) is 0 Å². The van der Waals surface area contributed by atoms with Crippen LogP contribution in [0.15, 0.2) is 22.7 Å². The van der Waals surface area contributed by atoms with Gasteiger partial charge in [0.15, 0.2) is 0 Å². The summed E-state index contributed by atoms with van der Waals surface area (Å²) in [6.07, 6.45) is 0.